The molecule has 0 bridgehead atoms. The molecular weight excluding hydrogens is 265 g/mol. The van der Waals surface area contributed by atoms with Crippen LogP contribution in [0.25, 0.3) is 5.69 Å². The van der Waals surface area contributed by atoms with Crippen molar-refractivity contribution in [2.45, 2.75) is 53.1 Å². The number of halogens is 1. The van der Waals surface area contributed by atoms with Crippen LogP contribution in [-0.4, -0.2) is 15.8 Å². The van der Waals surface area contributed by atoms with Gasteiger partial charge >= 0.3 is 0 Å². The van der Waals surface area contributed by atoms with Gasteiger partial charge in [-0.1, -0.05) is 39.8 Å². The van der Waals surface area contributed by atoms with E-state index in [0.717, 1.165) is 30.8 Å². The number of para-hydroxylation sites is 1. The summed E-state index contributed by atoms with van der Waals surface area (Å²) >= 11 is 0. The van der Waals surface area contributed by atoms with Crippen LogP contribution >= 0.6 is 0 Å². The van der Waals surface area contributed by atoms with Crippen LogP contribution in [-0.2, 0) is 19.4 Å². The van der Waals surface area contributed by atoms with Gasteiger partial charge in [0.25, 0.3) is 0 Å². The maximum absolute atomic E-state index is 14.1. The van der Waals surface area contributed by atoms with Gasteiger partial charge in [0.05, 0.1) is 5.69 Å². The van der Waals surface area contributed by atoms with E-state index in [1.165, 1.54) is 11.6 Å². The summed E-state index contributed by atoms with van der Waals surface area (Å²) in [6.45, 7) is 9.20. The summed E-state index contributed by atoms with van der Waals surface area (Å²) < 4.78 is 15.8. The van der Waals surface area contributed by atoms with E-state index in [1.54, 1.807) is 16.8 Å². The SMILES string of the molecule is CCc1nn(-c2ccccc2F)c(CC)c1CNC(C)C. The van der Waals surface area contributed by atoms with Gasteiger partial charge in [0.1, 0.15) is 11.5 Å². The number of hydrogen-bond acceptors (Lipinski definition) is 2. The Morgan fingerprint density at radius 1 is 1.19 bits per heavy atom. The minimum absolute atomic E-state index is 0.235. The monoisotopic (exact) mass is 289 g/mol. The van der Waals surface area contributed by atoms with Crippen molar-refractivity contribution in [2.75, 3.05) is 0 Å². The molecule has 0 saturated carbocycles. The van der Waals surface area contributed by atoms with Gasteiger partial charge in [-0.3, -0.25) is 0 Å². The van der Waals surface area contributed by atoms with E-state index in [9.17, 15) is 4.39 Å². The van der Waals surface area contributed by atoms with E-state index in [1.807, 2.05) is 6.07 Å². The third-order valence-corrected chi connectivity index (χ3v) is 3.61. The van der Waals surface area contributed by atoms with Crippen LogP contribution in [0.1, 0.15) is 44.6 Å². The van der Waals surface area contributed by atoms with Crippen molar-refractivity contribution in [1.29, 1.82) is 0 Å². The van der Waals surface area contributed by atoms with E-state index in [0.29, 0.717) is 11.7 Å². The van der Waals surface area contributed by atoms with Crippen molar-refractivity contribution in [3.63, 3.8) is 0 Å². The molecule has 0 unspecified atom stereocenters. The molecule has 0 fully saturated rings. The van der Waals surface area contributed by atoms with Gasteiger partial charge < -0.3 is 5.32 Å². The molecule has 1 heterocycles. The number of rotatable bonds is 6. The molecule has 0 amide bonds. The molecule has 0 aliphatic heterocycles. The highest BCUT2D eigenvalue weighted by molar-refractivity contribution is 5.39. The molecule has 0 spiro atoms. The van der Waals surface area contributed by atoms with Crippen molar-refractivity contribution < 1.29 is 4.39 Å². The molecule has 0 aliphatic carbocycles. The van der Waals surface area contributed by atoms with Crippen LogP contribution in [0.5, 0.6) is 0 Å². The number of aromatic nitrogens is 2. The van der Waals surface area contributed by atoms with E-state index in [4.69, 9.17) is 0 Å². The zero-order valence-electron chi connectivity index (χ0n) is 13.3. The van der Waals surface area contributed by atoms with Crippen molar-refractivity contribution in [1.82, 2.24) is 15.1 Å². The summed E-state index contributed by atoms with van der Waals surface area (Å²) in [7, 11) is 0. The minimum Gasteiger partial charge on any atom is -0.310 e. The molecule has 2 aromatic rings. The van der Waals surface area contributed by atoms with Crippen molar-refractivity contribution >= 4 is 0 Å². The number of nitrogens with zero attached hydrogens (tertiary/aromatic N) is 2. The predicted molar refractivity (Wildman–Crippen MR) is 84.3 cm³/mol. The topological polar surface area (TPSA) is 29.9 Å². The molecular formula is C17H24FN3. The van der Waals surface area contributed by atoms with Gasteiger partial charge in [0.15, 0.2) is 0 Å². The van der Waals surface area contributed by atoms with Crippen LogP contribution in [0.2, 0.25) is 0 Å². The maximum Gasteiger partial charge on any atom is 0.148 e. The zero-order valence-corrected chi connectivity index (χ0v) is 13.3. The first-order valence-corrected chi connectivity index (χ1v) is 7.66. The molecule has 21 heavy (non-hydrogen) atoms. The number of benzene rings is 1. The van der Waals surface area contributed by atoms with E-state index < -0.39 is 0 Å². The third kappa shape index (κ3) is 3.32. The first kappa shape index (κ1) is 15.7. The van der Waals surface area contributed by atoms with Gasteiger partial charge in [-0.2, -0.15) is 5.10 Å². The Balaban J connectivity index is 2.50. The third-order valence-electron chi connectivity index (χ3n) is 3.61. The standard InChI is InChI=1S/C17H24FN3/c1-5-15-13(11-19-12(3)4)16(6-2)21(20-15)17-10-8-7-9-14(17)18/h7-10,12,19H,5-6,11H2,1-4H3. The minimum atomic E-state index is -0.235. The molecule has 114 valence electrons. The lowest BCUT2D eigenvalue weighted by molar-refractivity contribution is 0.583. The summed E-state index contributed by atoms with van der Waals surface area (Å²) in [5.41, 5.74) is 3.87. The lowest BCUT2D eigenvalue weighted by Gasteiger charge is -2.11. The highest BCUT2D eigenvalue weighted by Gasteiger charge is 2.18. The van der Waals surface area contributed by atoms with Crippen molar-refractivity contribution in [2.24, 2.45) is 0 Å². The van der Waals surface area contributed by atoms with Crippen LogP contribution in [0, 0.1) is 5.82 Å². The van der Waals surface area contributed by atoms with Gasteiger partial charge in [-0.05, 0) is 25.0 Å². The van der Waals surface area contributed by atoms with Gasteiger partial charge in [-0.25, -0.2) is 9.07 Å². The molecule has 1 N–H and O–H groups in total. The van der Waals surface area contributed by atoms with Crippen LogP contribution in [0.15, 0.2) is 24.3 Å². The number of nitrogens with one attached hydrogen (secondary N) is 1. The first-order valence-electron chi connectivity index (χ1n) is 7.66. The Labute approximate surface area is 126 Å². The molecule has 1 aromatic heterocycles. The normalized spacial score (nSPS) is 11.3. The van der Waals surface area contributed by atoms with Gasteiger partial charge in [-0.15, -0.1) is 0 Å². The van der Waals surface area contributed by atoms with E-state index in [2.05, 4.69) is 38.1 Å². The Hall–Kier alpha value is -1.68. The Morgan fingerprint density at radius 2 is 1.90 bits per heavy atom. The molecule has 4 heteroatoms. The Bertz CT molecular complexity index is 602. The summed E-state index contributed by atoms with van der Waals surface area (Å²) in [6.07, 6.45) is 1.68. The van der Waals surface area contributed by atoms with Gasteiger partial charge in [0, 0.05) is 23.8 Å². The summed E-state index contributed by atoms with van der Waals surface area (Å²) in [5.74, 6) is -0.235. The average molecular weight is 289 g/mol. The lowest BCUT2D eigenvalue weighted by atomic mass is 10.1. The fourth-order valence-corrected chi connectivity index (χ4v) is 2.52. The molecule has 3 nitrogen and oxygen atoms in total. The molecule has 2 rings (SSSR count). The maximum atomic E-state index is 14.1. The second kappa shape index (κ2) is 6.85. The Morgan fingerprint density at radius 3 is 2.48 bits per heavy atom. The smallest absolute Gasteiger partial charge is 0.148 e. The first-order chi connectivity index (χ1) is 10.1. The van der Waals surface area contributed by atoms with E-state index >= 15 is 0 Å². The molecule has 0 atom stereocenters. The zero-order chi connectivity index (χ0) is 15.4. The number of hydrogen-bond donors (Lipinski definition) is 1. The van der Waals surface area contributed by atoms with Gasteiger partial charge in [0.2, 0.25) is 0 Å². The lowest BCUT2D eigenvalue weighted by Crippen LogP contribution is -2.23. The van der Waals surface area contributed by atoms with Crippen LogP contribution in [0.4, 0.5) is 4.39 Å². The predicted octanol–water partition coefficient (Wildman–Crippen LogP) is 3.63. The second-order valence-electron chi connectivity index (χ2n) is 5.48. The van der Waals surface area contributed by atoms with Crippen molar-refractivity contribution in [3.8, 4) is 5.69 Å². The Kier molecular flexibility index (Phi) is 5.12. The highest BCUT2D eigenvalue weighted by Crippen LogP contribution is 2.22. The summed E-state index contributed by atoms with van der Waals surface area (Å²) in [6, 6.07) is 7.22. The molecule has 1 aromatic carbocycles. The molecule has 0 aliphatic rings. The summed E-state index contributed by atoms with van der Waals surface area (Å²) in [5, 5.41) is 8.09. The van der Waals surface area contributed by atoms with Crippen molar-refractivity contribution in [3.05, 3.63) is 47.0 Å². The average Bonchev–Trinajstić information content (AvgIpc) is 2.83. The van der Waals surface area contributed by atoms with Crippen LogP contribution < -0.4 is 5.32 Å². The molecule has 0 radical (unpaired) electrons. The fraction of sp³-hybridized carbons (Fsp3) is 0.471. The molecule has 0 saturated heterocycles. The van der Waals surface area contributed by atoms with Crippen LogP contribution in [0.3, 0.4) is 0 Å². The quantitative estimate of drug-likeness (QED) is 0.880. The summed E-state index contributed by atoms with van der Waals surface area (Å²) in [4.78, 5) is 0. The second-order valence-corrected chi connectivity index (χ2v) is 5.48. The van der Waals surface area contributed by atoms with E-state index in [-0.39, 0.29) is 5.82 Å². The highest BCUT2D eigenvalue weighted by atomic mass is 19.1. The largest absolute Gasteiger partial charge is 0.310 e. The number of aryl methyl sites for hydroxylation is 1. The fourth-order valence-electron chi connectivity index (χ4n) is 2.52.